The summed E-state index contributed by atoms with van der Waals surface area (Å²) >= 11 is -1.65. The Hall–Kier alpha value is 0.110. The first-order valence-electron chi connectivity index (χ1n) is 4.18. The fourth-order valence-corrected chi connectivity index (χ4v) is 2.52. The topological polar surface area (TPSA) is 37.3 Å². The second-order valence-electron chi connectivity index (χ2n) is 3.71. The van der Waals surface area contributed by atoms with Crippen molar-refractivity contribution in [3.63, 3.8) is 0 Å². The largest absolute Gasteiger partial charge is 0.306 e. The Balaban J connectivity index is 2.72. The Labute approximate surface area is 70.7 Å². The zero-order chi connectivity index (χ0) is 8.48. The van der Waals surface area contributed by atoms with Crippen LogP contribution in [0, 0.1) is 5.92 Å². The lowest BCUT2D eigenvalue weighted by atomic mass is 9.81. The van der Waals surface area contributed by atoms with Crippen molar-refractivity contribution < 1.29 is 8.76 Å². The normalized spacial score (nSPS) is 41.9. The van der Waals surface area contributed by atoms with E-state index < -0.39 is 11.1 Å². The van der Waals surface area contributed by atoms with E-state index in [4.69, 9.17) is 4.55 Å². The molecule has 1 aliphatic rings. The second-order valence-corrected chi connectivity index (χ2v) is 5.14. The molecule has 0 aliphatic heterocycles. The molecule has 0 amide bonds. The van der Waals surface area contributed by atoms with Crippen molar-refractivity contribution in [2.45, 2.75) is 44.3 Å². The van der Waals surface area contributed by atoms with Gasteiger partial charge >= 0.3 is 0 Å². The monoisotopic (exact) mass is 176 g/mol. The summed E-state index contributed by atoms with van der Waals surface area (Å²) in [5, 5.41) is 0. The van der Waals surface area contributed by atoms with Crippen LogP contribution in [-0.2, 0) is 11.1 Å². The van der Waals surface area contributed by atoms with E-state index in [0.29, 0.717) is 5.92 Å². The van der Waals surface area contributed by atoms with Crippen molar-refractivity contribution in [2.24, 2.45) is 5.92 Å². The van der Waals surface area contributed by atoms with Crippen LogP contribution in [0.2, 0.25) is 0 Å². The SMILES string of the molecule is CC1CCCCC1(C)S(=O)O. The fraction of sp³-hybridized carbons (Fsp3) is 1.00. The van der Waals surface area contributed by atoms with Gasteiger partial charge in [-0.15, -0.1) is 0 Å². The van der Waals surface area contributed by atoms with Crippen molar-refractivity contribution in [1.29, 1.82) is 0 Å². The van der Waals surface area contributed by atoms with E-state index in [1.807, 2.05) is 6.92 Å². The van der Waals surface area contributed by atoms with Crippen LogP contribution in [0.5, 0.6) is 0 Å². The molecule has 0 aromatic carbocycles. The average Bonchev–Trinajstić information content (AvgIpc) is 1.95. The Morgan fingerprint density at radius 3 is 2.55 bits per heavy atom. The summed E-state index contributed by atoms with van der Waals surface area (Å²) in [7, 11) is 0. The molecule has 1 fully saturated rings. The Morgan fingerprint density at radius 1 is 1.55 bits per heavy atom. The molecule has 0 heterocycles. The third-order valence-electron chi connectivity index (χ3n) is 3.00. The highest BCUT2D eigenvalue weighted by Gasteiger charge is 2.38. The maximum absolute atomic E-state index is 11.0. The third kappa shape index (κ3) is 1.64. The third-order valence-corrected chi connectivity index (χ3v) is 4.41. The minimum atomic E-state index is -1.65. The van der Waals surface area contributed by atoms with Gasteiger partial charge in [0.25, 0.3) is 0 Å². The number of hydrogen-bond donors (Lipinski definition) is 1. The molecule has 1 rings (SSSR count). The van der Waals surface area contributed by atoms with Crippen molar-refractivity contribution in [1.82, 2.24) is 0 Å². The van der Waals surface area contributed by atoms with Crippen LogP contribution in [0.15, 0.2) is 0 Å². The first kappa shape index (κ1) is 9.20. The minimum absolute atomic E-state index is 0.335. The van der Waals surface area contributed by atoms with Crippen LogP contribution in [0.25, 0.3) is 0 Å². The number of rotatable bonds is 1. The minimum Gasteiger partial charge on any atom is -0.306 e. The molecule has 1 N–H and O–H groups in total. The van der Waals surface area contributed by atoms with E-state index in [1.54, 1.807) is 0 Å². The summed E-state index contributed by atoms with van der Waals surface area (Å²) < 4.78 is 19.7. The van der Waals surface area contributed by atoms with E-state index in [-0.39, 0.29) is 4.75 Å². The van der Waals surface area contributed by atoms with Crippen LogP contribution in [0.4, 0.5) is 0 Å². The van der Waals surface area contributed by atoms with Gasteiger partial charge in [-0.25, -0.2) is 4.21 Å². The van der Waals surface area contributed by atoms with Gasteiger partial charge in [0.05, 0.1) is 4.75 Å². The van der Waals surface area contributed by atoms with E-state index in [2.05, 4.69) is 6.92 Å². The first-order valence-corrected chi connectivity index (χ1v) is 5.29. The molecule has 0 saturated heterocycles. The molecule has 0 spiro atoms. The molecule has 66 valence electrons. The second kappa shape index (κ2) is 3.23. The molecular weight excluding hydrogens is 160 g/mol. The lowest BCUT2D eigenvalue weighted by Gasteiger charge is -2.36. The van der Waals surface area contributed by atoms with Crippen molar-refractivity contribution in [3.8, 4) is 0 Å². The number of hydrogen-bond acceptors (Lipinski definition) is 1. The molecule has 0 radical (unpaired) electrons. The lowest BCUT2D eigenvalue weighted by molar-refractivity contribution is 0.291. The molecule has 1 saturated carbocycles. The van der Waals surface area contributed by atoms with Crippen LogP contribution >= 0.6 is 0 Å². The van der Waals surface area contributed by atoms with E-state index in [9.17, 15) is 4.21 Å². The summed E-state index contributed by atoms with van der Waals surface area (Å²) in [6, 6.07) is 0. The van der Waals surface area contributed by atoms with Gasteiger partial charge in [0.15, 0.2) is 11.1 Å². The van der Waals surface area contributed by atoms with Crippen molar-refractivity contribution in [3.05, 3.63) is 0 Å². The zero-order valence-electron chi connectivity index (χ0n) is 7.17. The van der Waals surface area contributed by atoms with E-state index in [0.717, 1.165) is 19.3 Å². The fourth-order valence-electron chi connectivity index (χ4n) is 1.74. The molecule has 11 heavy (non-hydrogen) atoms. The van der Waals surface area contributed by atoms with Gasteiger partial charge in [0.1, 0.15) is 0 Å². The van der Waals surface area contributed by atoms with Gasteiger partial charge < -0.3 is 4.55 Å². The molecule has 0 aromatic rings. The standard InChI is InChI=1S/C8H16O2S/c1-7-5-3-4-6-8(7,2)11(9)10/h7H,3-6H2,1-2H3,(H,9,10). The smallest absolute Gasteiger partial charge is 0.159 e. The van der Waals surface area contributed by atoms with Gasteiger partial charge in [0.2, 0.25) is 0 Å². The maximum atomic E-state index is 11.0. The molecule has 3 atom stereocenters. The predicted octanol–water partition coefficient (Wildman–Crippen LogP) is 2.18. The lowest BCUT2D eigenvalue weighted by Crippen LogP contribution is -2.40. The van der Waals surface area contributed by atoms with Crippen LogP contribution in [0.1, 0.15) is 39.5 Å². The molecular formula is C8H16O2S. The van der Waals surface area contributed by atoms with E-state index in [1.165, 1.54) is 6.42 Å². The van der Waals surface area contributed by atoms with Gasteiger partial charge in [0, 0.05) is 0 Å². The molecule has 3 unspecified atom stereocenters. The summed E-state index contributed by atoms with van der Waals surface area (Å²) in [4.78, 5) is 0. The van der Waals surface area contributed by atoms with E-state index >= 15 is 0 Å². The van der Waals surface area contributed by atoms with Gasteiger partial charge in [-0.05, 0) is 25.7 Å². The van der Waals surface area contributed by atoms with Gasteiger partial charge in [-0.2, -0.15) is 0 Å². The van der Waals surface area contributed by atoms with Crippen LogP contribution in [-0.4, -0.2) is 13.5 Å². The summed E-state index contributed by atoms with van der Waals surface area (Å²) in [6.45, 7) is 4.00. The molecule has 0 aromatic heterocycles. The van der Waals surface area contributed by atoms with Crippen molar-refractivity contribution in [2.75, 3.05) is 0 Å². The summed E-state index contributed by atoms with van der Waals surface area (Å²) in [5.41, 5.74) is 0. The Kier molecular flexibility index (Phi) is 2.70. The molecule has 3 heteroatoms. The van der Waals surface area contributed by atoms with Gasteiger partial charge in [-0.1, -0.05) is 19.8 Å². The summed E-state index contributed by atoms with van der Waals surface area (Å²) in [5.74, 6) is 0.391. The maximum Gasteiger partial charge on any atom is 0.159 e. The highest BCUT2D eigenvalue weighted by Crippen LogP contribution is 2.37. The molecule has 1 aliphatic carbocycles. The van der Waals surface area contributed by atoms with Crippen LogP contribution in [0.3, 0.4) is 0 Å². The highest BCUT2D eigenvalue weighted by atomic mass is 32.2. The Morgan fingerprint density at radius 2 is 2.18 bits per heavy atom. The highest BCUT2D eigenvalue weighted by molar-refractivity contribution is 7.80. The average molecular weight is 176 g/mol. The zero-order valence-corrected chi connectivity index (χ0v) is 7.99. The van der Waals surface area contributed by atoms with Crippen molar-refractivity contribution >= 4 is 11.1 Å². The predicted molar refractivity (Wildman–Crippen MR) is 46.8 cm³/mol. The quantitative estimate of drug-likeness (QED) is 0.622. The molecule has 0 bridgehead atoms. The Bertz CT molecular complexity index is 169. The van der Waals surface area contributed by atoms with Gasteiger partial charge in [-0.3, -0.25) is 0 Å². The molecule has 2 nitrogen and oxygen atoms in total. The first-order chi connectivity index (χ1) is 5.07. The van der Waals surface area contributed by atoms with Crippen LogP contribution < -0.4 is 0 Å². The summed E-state index contributed by atoms with van der Waals surface area (Å²) in [6.07, 6.45) is 4.32.